The number of hydrogen-bond donors (Lipinski definition) is 1. The van der Waals surface area contributed by atoms with Crippen LogP contribution in [-0.4, -0.2) is 17.4 Å². The number of carbonyl (C=O) groups excluding carboxylic acids is 2. The van der Waals surface area contributed by atoms with Gasteiger partial charge in [0.2, 0.25) is 5.91 Å². The van der Waals surface area contributed by atoms with Crippen LogP contribution in [-0.2, 0) is 4.79 Å². The van der Waals surface area contributed by atoms with Gasteiger partial charge in [-0.3, -0.25) is 9.59 Å². The summed E-state index contributed by atoms with van der Waals surface area (Å²) < 4.78 is 13.1. The third kappa shape index (κ3) is 5.58. The van der Waals surface area contributed by atoms with E-state index in [0.717, 1.165) is 4.90 Å². The topological polar surface area (TPSA) is 46.2 Å². The molecule has 0 saturated heterocycles. The zero-order valence-corrected chi connectivity index (χ0v) is 15.8. The van der Waals surface area contributed by atoms with Gasteiger partial charge < -0.3 is 5.32 Å². The zero-order chi connectivity index (χ0) is 18.6. The minimum absolute atomic E-state index is 0.0383. The van der Waals surface area contributed by atoms with Crippen LogP contribution in [0, 0.1) is 11.2 Å². The third-order valence-electron chi connectivity index (χ3n) is 3.41. The van der Waals surface area contributed by atoms with Gasteiger partial charge in [0.05, 0.1) is 10.8 Å². The first kappa shape index (κ1) is 19.5. The highest BCUT2D eigenvalue weighted by Gasteiger charge is 2.21. The highest BCUT2D eigenvalue weighted by atomic mass is 35.5. The molecule has 0 saturated carbocycles. The summed E-state index contributed by atoms with van der Waals surface area (Å²) in [7, 11) is 0. The van der Waals surface area contributed by atoms with E-state index in [4.69, 9.17) is 11.6 Å². The van der Waals surface area contributed by atoms with Gasteiger partial charge in [0.15, 0.2) is 5.78 Å². The Morgan fingerprint density at radius 2 is 1.76 bits per heavy atom. The average molecular weight is 380 g/mol. The van der Waals surface area contributed by atoms with Gasteiger partial charge in [0, 0.05) is 21.6 Å². The zero-order valence-electron chi connectivity index (χ0n) is 14.2. The van der Waals surface area contributed by atoms with Crippen molar-refractivity contribution >= 4 is 40.7 Å². The van der Waals surface area contributed by atoms with Crippen molar-refractivity contribution in [1.29, 1.82) is 0 Å². The van der Waals surface area contributed by atoms with Crippen LogP contribution >= 0.6 is 23.4 Å². The van der Waals surface area contributed by atoms with E-state index in [1.54, 1.807) is 30.3 Å². The normalized spacial score (nSPS) is 11.2. The Morgan fingerprint density at radius 3 is 2.32 bits per heavy atom. The van der Waals surface area contributed by atoms with E-state index in [1.165, 1.54) is 23.9 Å². The first-order chi connectivity index (χ1) is 11.7. The van der Waals surface area contributed by atoms with Crippen LogP contribution in [0.4, 0.5) is 10.1 Å². The molecule has 2 aromatic carbocycles. The Bertz CT molecular complexity index is 785. The Kier molecular flexibility index (Phi) is 6.25. The Morgan fingerprint density at radius 1 is 1.12 bits per heavy atom. The Labute approximate surface area is 156 Å². The number of benzene rings is 2. The molecule has 0 heterocycles. The number of Topliss-reactive ketones (excluding diaryl/α,β-unsaturated/α-hetero) is 1. The molecule has 0 aliphatic carbocycles. The summed E-state index contributed by atoms with van der Waals surface area (Å²) >= 11 is 7.02. The molecule has 6 heteroatoms. The lowest BCUT2D eigenvalue weighted by Crippen LogP contribution is -2.27. The monoisotopic (exact) mass is 379 g/mol. The van der Waals surface area contributed by atoms with Gasteiger partial charge >= 0.3 is 0 Å². The summed E-state index contributed by atoms with van der Waals surface area (Å²) in [5, 5.41) is 2.85. The van der Waals surface area contributed by atoms with Crippen molar-refractivity contribution in [2.45, 2.75) is 25.7 Å². The number of amides is 1. The molecule has 0 aromatic heterocycles. The first-order valence-corrected chi connectivity index (χ1v) is 9.06. The van der Waals surface area contributed by atoms with E-state index in [1.807, 2.05) is 20.8 Å². The summed E-state index contributed by atoms with van der Waals surface area (Å²) in [6.45, 7) is 5.50. The number of ketones is 1. The number of halogens is 2. The lowest BCUT2D eigenvalue weighted by Gasteiger charge is -2.17. The average Bonchev–Trinajstić information content (AvgIpc) is 2.55. The minimum atomic E-state index is -0.485. The van der Waals surface area contributed by atoms with E-state index in [-0.39, 0.29) is 22.5 Å². The highest BCUT2D eigenvalue weighted by Crippen LogP contribution is 2.25. The SMILES string of the molecule is CC(C)(C)C(=O)Nc1ccc(C(=O)CSc2ccc(F)c(Cl)c2)cc1. The number of nitrogens with one attached hydrogen (secondary N) is 1. The van der Waals surface area contributed by atoms with Crippen molar-refractivity contribution in [2.24, 2.45) is 5.41 Å². The molecule has 25 heavy (non-hydrogen) atoms. The fourth-order valence-electron chi connectivity index (χ4n) is 1.86. The molecule has 0 radical (unpaired) electrons. The van der Waals surface area contributed by atoms with Crippen molar-refractivity contribution in [3.05, 3.63) is 58.9 Å². The van der Waals surface area contributed by atoms with Gasteiger partial charge in [-0.05, 0) is 42.5 Å². The lowest BCUT2D eigenvalue weighted by molar-refractivity contribution is -0.123. The number of thioether (sulfide) groups is 1. The van der Waals surface area contributed by atoms with Gasteiger partial charge in [0.25, 0.3) is 0 Å². The van der Waals surface area contributed by atoms with E-state index in [9.17, 15) is 14.0 Å². The van der Waals surface area contributed by atoms with E-state index in [2.05, 4.69) is 5.32 Å². The molecule has 0 aliphatic heterocycles. The van der Waals surface area contributed by atoms with Crippen molar-refractivity contribution in [3.63, 3.8) is 0 Å². The fraction of sp³-hybridized carbons (Fsp3) is 0.263. The quantitative estimate of drug-likeness (QED) is 0.555. The maximum absolute atomic E-state index is 13.1. The van der Waals surface area contributed by atoms with Crippen LogP contribution in [0.1, 0.15) is 31.1 Å². The van der Waals surface area contributed by atoms with E-state index in [0.29, 0.717) is 11.3 Å². The Balaban J connectivity index is 1.96. The number of rotatable bonds is 5. The van der Waals surface area contributed by atoms with Crippen molar-refractivity contribution < 1.29 is 14.0 Å². The maximum Gasteiger partial charge on any atom is 0.229 e. The van der Waals surface area contributed by atoms with Gasteiger partial charge in [-0.15, -0.1) is 11.8 Å². The number of hydrogen-bond acceptors (Lipinski definition) is 3. The van der Waals surface area contributed by atoms with E-state index >= 15 is 0 Å². The van der Waals surface area contributed by atoms with Gasteiger partial charge in [0.1, 0.15) is 5.82 Å². The summed E-state index contributed by atoms with van der Waals surface area (Å²) in [5.74, 6) is -0.407. The predicted molar refractivity (Wildman–Crippen MR) is 101 cm³/mol. The molecule has 0 bridgehead atoms. The summed E-state index contributed by atoms with van der Waals surface area (Å²) in [6, 6.07) is 11.1. The predicted octanol–water partition coefficient (Wildman–Crippen LogP) is 5.44. The largest absolute Gasteiger partial charge is 0.326 e. The molecular weight excluding hydrogens is 361 g/mol. The molecule has 0 atom stereocenters. The van der Waals surface area contributed by atoms with E-state index < -0.39 is 11.2 Å². The maximum atomic E-state index is 13.1. The molecule has 2 rings (SSSR count). The molecular formula is C19H19ClFNO2S. The molecule has 0 unspecified atom stereocenters. The standard InChI is InChI=1S/C19H19ClFNO2S/c1-19(2,3)18(24)22-13-6-4-12(5-7-13)17(23)11-25-14-8-9-16(21)15(20)10-14/h4-10H,11H2,1-3H3,(H,22,24). The van der Waals surface area contributed by atoms with Crippen LogP contribution in [0.5, 0.6) is 0 Å². The fourth-order valence-corrected chi connectivity index (χ4v) is 2.93. The molecule has 132 valence electrons. The number of carbonyl (C=O) groups is 2. The summed E-state index contributed by atoms with van der Waals surface area (Å²) in [4.78, 5) is 24.9. The van der Waals surface area contributed by atoms with Crippen molar-refractivity contribution in [2.75, 3.05) is 11.1 Å². The minimum Gasteiger partial charge on any atom is -0.326 e. The third-order valence-corrected chi connectivity index (χ3v) is 4.69. The van der Waals surface area contributed by atoms with Crippen molar-refractivity contribution in [3.8, 4) is 0 Å². The first-order valence-electron chi connectivity index (χ1n) is 7.69. The smallest absolute Gasteiger partial charge is 0.229 e. The lowest BCUT2D eigenvalue weighted by atomic mass is 9.95. The summed E-state index contributed by atoms with van der Waals surface area (Å²) in [5.41, 5.74) is 0.714. The molecule has 0 aliphatic rings. The molecule has 0 fully saturated rings. The molecule has 3 nitrogen and oxygen atoms in total. The second-order valence-electron chi connectivity index (χ2n) is 6.57. The highest BCUT2D eigenvalue weighted by molar-refractivity contribution is 8.00. The van der Waals surface area contributed by atoms with Crippen LogP contribution in [0.3, 0.4) is 0 Å². The second kappa shape index (κ2) is 8.02. The van der Waals surface area contributed by atoms with Gasteiger partial charge in [-0.1, -0.05) is 32.4 Å². The second-order valence-corrected chi connectivity index (χ2v) is 8.03. The van der Waals surface area contributed by atoms with Crippen LogP contribution in [0.25, 0.3) is 0 Å². The summed E-state index contributed by atoms with van der Waals surface area (Å²) in [6.07, 6.45) is 0. The molecule has 1 amide bonds. The van der Waals surface area contributed by atoms with Gasteiger partial charge in [-0.2, -0.15) is 0 Å². The van der Waals surface area contributed by atoms with Gasteiger partial charge in [-0.25, -0.2) is 4.39 Å². The van der Waals surface area contributed by atoms with Crippen molar-refractivity contribution in [1.82, 2.24) is 0 Å². The molecule has 1 N–H and O–H groups in total. The van der Waals surface area contributed by atoms with Crippen LogP contribution in [0.2, 0.25) is 5.02 Å². The molecule has 0 spiro atoms. The molecule has 2 aromatic rings. The van der Waals surface area contributed by atoms with Crippen LogP contribution < -0.4 is 5.32 Å². The Hall–Kier alpha value is -1.85. The number of anilines is 1. The van der Waals surface area contributed by atoms with Crippen LogP contribution in [0.15, 0.2) is 47.4 Å².